The minimum absolute atomic E-state index is 0.164. The second-order valence-corrected chi connectivity index (χ2v) is 5.81. The summed E-state index contributed by atoms with van der Waals surface area (Å²) in [6.45, 7) is 0. The largest absolute Gasteiger partial charge is 0.294 e. The molecule has 4 aromatic rings. The summed E-state index contributed by atoms with van der Waals surface area (Å²) >= 11 is 0. The van der Waals surface area contributed by atoms with Crippen molar-refractivity contribution in [3.05, 3.63) is 96.1 Å². The molecule has 0 aliphatic carbocycles. The summed E-state index contributed by atoms with van der Waals surface area (Å²) in [6.07, 6.45) is 0.437. The Balaban J connectivity index is 1.83. The van der Waals surface area contributed by atoms with Crippen LogP contribution in [-0.4, -0.2) is 5.78 Å². The Morgan fingerprint density at radius 3 is 2.09 bits per heavy atom. The van der Waals surface area contributed by atoms with Crippen molar-refractivity contribution < 1.29 is 4.79 Å². The van der Waals surface area contributed by atoms with Crippen LogP contribution in [0.4, 0.5) is 0 Å². The molecule has 4 rings (SSSR count). The van der Waals surface area contributed by atoms with Crippen molar-refractivity contribution in [3.8, 4) is 0 Å². The van der Waals surface area contributed by atoms with Crippen LogP contribution in [-0.2, 0) is 6.42 Å². The van der Waals surface area contributed by atoms with Crippen LogP contribution < -0.4 is 0 Å². The maximum atomic E-state index is 12.8. The predicted molar refractivity (Wildman–Crippen MR) is 95.9 cm³/mol. The summed E-state index contributed by atoms with van der Waals surface area (Å²) in [4.78, 5) is 12.8. The van der Waals surface area contributed by atoms with Crippen molar-refractivity contribution in [1.82, 2.24) is 0 Å². The van der Waals surface area contributed by atoms with E-state index in [9.17, 15) is 4.79 Å². The average molecular weight is 296 g/mol. The second kappa shape index (κ2) is 5.69. The number of benzene rings is 4. The van der Waals surface area contributed by atoms with Gasteiger partial charge in [-0.05, 0) is 39.2 Å². The number of Topliss-reactive ketones (excluding diaryl/α,β-unsaturated/α-hetero) is 1. The molecule has 0 aliphatic heterocycles. The predicted octanol–water partition coefficient (Wildman–Crippen LogP) is 5.42. The highest BCUT2D eigenvalue weighted by Gasteiger charge is 2.11. The van der Waals surface area contributed by atoms with Gasteiger partial charge in [0.1, 0.15) is 0 Å². The Labute approximate surface area is 135 Å². The van der Waals surface area contributed by atoms with Gasteiger partial charge in [-0.2, -0.15) is 0 Å². The third kappa shape index (κ3) is 2.62. The van der Waals surface area contributed by atoms with Crippen LogP contribution in [0.25, 0.3) is 21.5 Å². The van der Waals surface area contributed by atoms with E-state index in [0.717, 1.165) is 21.9 Å². The average Bonchev–Trinajstić information content (AvgIpc) is 2.60. The summed E-state index contributed by atoms with van der Waals surface area (Å²) in [6, 6.07) is 28.4. The lowest BCUT2D eigenvalue weighted by molar-refractivity contribution is 0.0994. The quantitative estimate of drug-likeness (QED) is 0.364. The molecule has 0 fully saturated rings. The topological polar surface area (TPSA) is 17.1 Å². The lowest BCUT2D eigenvalue weighted by Gasteiger charge is -2.08. The molecule has 4 aromatic carbocycles. The van der Waals surface area contributed by atoms with Gasteiger partial charge >= 0.3 is 0 Å². The van der Waals surface area contributed by atoms with Crippen molar-refractivity contribution in [2.24, 2.45) is 0 Å². The number of carbonyl (C=O) groups excluding carboxylic acids is 1. The SMILES string of the molecule is O=C(Cc1ccccc1)c1cccc2cc3ccccc3cc12. The van der Waals surface area contributed by atoms with Crippen molar-refractivity contribution in [2.75, 3.05) is 0 Å². The first-order valence-electron chi connectivity index (χ1n) is 7.80. The minimum Gasteiger partial charge on any atom is -0.294 e. The standard InChI is InChI=1S/C22H16O/c23-22(13-16-7-2-1-3-8-16)20-12-6-11-19-14-17-9-4-5-10-18(17)15-21(19)20/h1-12,14-15H,13H2. The van der Waals surface area contributed by atoms with Crippen LogP contribution in [0.3, 0.4) is 0 Å². The van der Waals surface area contributed by atoms with E-state index in [1.165, 1.54) is 10.8 Å². The van der Waals surface area contributed by atoms with E-state index in [4.69, 9.17) is 0 Å². The van der Waals surface area contributed by atoms with Gasteiger partial charge in [0.2, 0.25) is 0 Å². The van der Waals surface area contributed by atoms with E-state index in [-0.39, 0.29) is 5.78 Å². The molecule has 0 unspecified atom stereocenters. The Morgan fingerprint density at radius 1 is 0.652 bits per heavy atom. The highest BCUT2D eigenvalue weighted by molar-refractivity contribution is 6.11. The van der Waals surface area contributed by atoms with Crippen molar-refractivity contribution in [1.29, 1.82) is 0 Å². The molecule has 23 heavy (non-hydrogen) atoms. The number of carbonyl (C=O) groups is 1. The van der Waals surface area contributed by atoms with E-state index in [2.05, 4.69) is 30.3 Å². The van der Waals surface area contributed by atoms with Gasteiger partial charge in [-0.3, -0.25) is 4.79 Å². The van der Waals surface area contributed by atoms with Crippen molar-refractivity contribution >= 4 is 27.3 Å². The summed E-state index contributed by atoms with van der Waals surface area (Å²) in [5.74, 6) is 0.164. The zero-order valence-corrected chi connectivity index (χ0v) is 12.7. The Hall–Kier alpha value is -2.93. The molecule has 0 aromatic heterocycles. The maximum absolute atomic E-state index is 12.8. The highest BCUT2D eigenvalue weighted by atomic mass is 16.1. The highest BCUT2D eigenvalue weighted by Crippen LogP contribution is 2.26. The van der Waals surface area contributed by atoms with Gasteiger partial charge in [-0.25, -0.2) is 0 Å². The number of fused-ring (bicyclic) bond motifs is 2. The summed E-state index contributed by atoms with van der Waals surface area (Å²) < 4.78 is 0. The fraction of sp³-hybridized carbons (Fsp3) is 0.0455. The number of hydrogen-bond acceptors (Lipinski definition) is 1. The number of rotatable bonds is 3. The molecule has 0 N–H and O–H groups in total. The number of ketones is 1. The molecule has 0 aliphatic rings. The van der Waals surface area contributed by atoms with Crippen LogP contribution in [0.15, 0.2) is 84.9 Å². The molecule has 0 radical (unpaired) electrons. The van der Waals surface area contributed by atoms with Crippen LogP contribution >= 0.6 is 0 Å². The van der Waals surface area contributed by atoms with Crippen molar-refractivity contribution in [3.63, 3.8) is 0 Å². The monoisotopic (exact) mass is 296 g/mol. The normalized spacial score (nSPS) is 11.0. The zero-order chi connectivity index (χ0) is 15.6. The molecule has 0 heterocycles. The first-order chi connectivity index (χ1) is 11.3. The molecule has 1 nitrogen and oxygen atoms in total. The molecule has 110 valence electrons. The van der Waals surface area contributed by atoms with E-state index in [1.807, 2.05) is 54.6 Å². The van der Waals surface area contributed by atoms with Gasteiger partial charge in [0, 0.05) is 12.0 Å². The van der Waals surface area contributed by atoms with E-state index < -0.39 is 0 Å². The molecular weight excluding hydrogens is 280 g/mol. The van der Waals surface area contributed by atoms with Gasteiger partial charge < -0.3 is 0 Å². The molecule has 0 amide bonds. The Morgan fingerprint density at radius 2 is 1.30 bits per heavy atom. The lowest BCUT2D eigenvalue weighted by Crippen LogP contribution is -2.04. The van der Waals surface area contributed by atoms with Gasteiger partial charge in [0.15, 0.2) is 5.78 Å². The van der Waals surface area contributed by atoms with Crippen LogP contribution in [0.2, 0.25) is 0 Å². The minimum atomic E-state index is 0.164. The Kier molecular flexibility index (Phi) is 3.39. The van der Waals surface area contributed by atoms with Crippen LogP contribution in [0, 0.1) is 0 Å². The fourth-order valence-corrected chi connectivity index (χ4v) is 3.09. The molecule has 0 atom stereocenters. The molecule has 0 spiro atoms. The van der Waals surface area contributed by atoms with Gasteiger partial charge in [0.05, 0.1) is 0 Å². The van der Waals surface area contributed by atoms with Gasteiger partial charge in [-0.1, -0.05) is 72.8 Å². The first-order valence-corrected chi connectivity index (χ1v) is 7.80. The summed E-state index contributed by atoms with van der Waals surface area (Å²) in [5, 5.41) is 4.52. The maximum Gasteiger partial charge on any atom is 0.167 e. The second-order valence-electron chi connectivity index (χ2n) is 5.81. The fourth-order valence-electron chi connectivity index (χ4n) is 3.09. The van der Waals surface area contributed by atoms with Crippen LogP contribution in [0.5, 0.6) is 0 Å². The molecule has 0 saturated carbocycles. The third-order valence-corrected chi connectivity index (χ3v) is 4.25. The van der Waals surface area contributed by atoms with E-state index in [0.29, 0.717) is 6.42 Å². The third-order valence-electron chi connectivity index (χ3n) is 4.25. The van der Waals surface area contributed by atoms with E-state index >= 15 is 0 Å². The lowest BCUT2D eigenvalue weighted by atomic mass is 9.95. The Bertz CT molecular complexity index is 1000. The van der Waals surface area contributed by atoms with Gasteiger partial charge in [-0.15, -0.1) is 0 Å². The van der Waals surface area contributed by atoms with Crippen LogP contribution in [0.1, 0.15) is 15.9 Å². The zero-order valence-electron chi connectivity index (χ0n) is 12.7. The van der Waals surface area contributed by atoms with E-state index in [1.54, 1.807) is 0 Å². The molecule has 0 saturated heterocycles. The summed E-state index contributed by atoms with van der Waals surface area (Å²) in [5.41, 5.74) is 1.85. The molecule has 1 heteroatoms. The smallest absolute Gasteiger partial charge is 0.167 e. The summed E-state index contributed by atoms with van der Waals surface area (Å²) in [7, 11) is 0. The molecule has 0 bridgehead atoms. The first kappa shape index (κ1) is 13.7. The number of hydrogen-bond donors (Lipinski definition) is 0. The molecular formula is C22H16O. The van der Waals surface area contributed by atoms with Crippen molar-refractivity contribution in [2.45, 2.75) is 6.42 Å². The van der Waals surface area contributed by atoms with Gasteiger partial charge in [0.25, 0.3) is 0 Å².